The molecule has 6 heteroatoms. The predicted octanol–water partition coefficient (Wildman–Crippen LogP) is 6.55. The average Bonchev–Trinajstić information content (AvgIpc) is 3.16. The van der Waals surface area contributed by atoms with Crippen LogP contribution < -0.4 is 5.69 Å². The Hall–Kier alpha value is -3.15. The van der Waals surface area contributed by atoms with Gasteiger partial charge in [0.15, 0.2) is 0 Å². The number of carboxylic acids is 1. The molecule has 0 atom stereocenters. The van der Waals surface area contributed by atoms with Gasteiger partial charge in [-0.1, -0.05) is 101 Å². The van der Waals surface area contributed by atoms with Crippen LogP contribution >= 0.6 is 0 Å². The zero-order chi connectivity index (χ0) is 25.0. The van der Waals surface area contributed by atoms with E-state index in [2.05, 4.69) is 13.8 Å². The van der Waals surface area contributed by atoms with Crippen LogP contribution in [0.1, 0.15) is 93.4 Å². The molecule has 0 aliphatic heterocycles. The molecule has 0 radical (unpaired) electrons. The number of aryl methyl sites for hydroxylation is 2. The molecule has 6 nitrogen and oxygen atoms in total. The lowest BCUT2D eigenvalue weighted by molar-refractivity contribution is 0.0697. The van der Waals surface area contributed by atoms with E-state index in [1.165, 1.54) is 25.7 Å². The van der Waals surface area contributed by atoms with E-state index in [-0.39, 0.29) is 11.3 Å². The van der Waals surface area contributed by atoms with Gasteiger partial charge in [-0.25, -0.2) is 14.3 Å². The monoisotopic (exact) mass is 477 g/mol. The third kappa shape index (κ3) is 7.41. The molecule has 0 saturated carbocycles. The van der Waals surface area contributed by atoms with Crippen LogP contribution in [-0.4, -0.2) is 25.4 Å². The molecule has 3 rings (SSSR count). The third-order valence-corrected chi connectivity index (χ3v) is 6.49. The molecule has 0 aliphatic carbocycles. The van der Waals surface area contributed by atoms with Gasteiger partial charge in [-0.3, -0.25) is 4.57 Å². The summed E-state index contributed by atoms with van der Waals surface area (Å²) in [6.45, 7) is 5.53. The van der Waals surface area contributed by atoms with Crippen molar-refractivity contribution in [2.24, 2.45) is 0 Å². The molecular weight excluding hydrogens is 438 g/mol. The third-order valence-electron chi connectivity index (χ3n) is 6.49. The topological polar surface area (TPSA) is 77.1 Å². The average molecular weight is 478 g/mol. The molecule has 3 aromatic rings. The minimum Gasteiger partial charge on any atom is -0.478 e. The van der Waals surface area contributed by atoms with E-state index in [0.717, 1.165) is 55.5 Å². The van der Waals surface area contributed by atoms with Gasteiger partial charge < -0.3 is 5.11 Å². The van der Waals surface area contributed by atoms with Crippen LogP contribution in [0.15, 0.2) is 53.3 Å². The molecule has 0 saturated heterocycles. The molecule has 35 heavy (non-hydrogen) atoms. The molecular formula is C29H39N3O3. The van der Waals surface area contributed by atoms with E-state index in [9.17, 15) is 14.7 Å². The lowest BCUT2D eigenvalue weighted by Crippen LogP contribution is -2.26. The molecule has 0 fully saturated rings. The van der Waals surface area contributed by atoms with Crippen molar-refractivity contribution in [3.63, 3.8) is 0 Å². The fourth-order valence-electron chi connectivity index (χ4n) is 4.44. The van der Waals surface area contributed by atoms with E-state index in [0.29, 0.717) is 18.7 Å². The summed E-state index contributed by atoms with van der Waals surface area (Å²) in [4.78, 5) is 24.8. The molecule has 1 N–H and O–H groups in total. The van der Waals surface area contributed by atoms with Crippen LogP contribution in [0.4, 0.5) is 0 Å². The van der Waals surface area contributed by atoms with Gasteiger partial charge in [0.05, 0.1) is 12.1 Å². The van der Waals surface area contributed by atoms with Gasteiger partial charge in [0.1, 0.15) is 5.82 Å². The Labute approximate surface area is 208 Å². The van der Waals surface area contributed by atoms with E-state index >= 15 is 0 Å². The van der Waals surface area contributed by atoms with Crippen LogP contribution in [0.2, 0.25) is 0 Å². The SMILES string of the molecule is CCCCCCCCn1nc(CCCCC)n(Cc2ccc(-c3ccccc3C(=O)O)cc2)c1=O. The van der Waals surface area contributed by atoms with E-state index in [1.54, 1.807) is 16.8 Å². The summed E-state index contributed by atoms with van der Waals surface area (Å²) >= 11 is 0. The first-order valence-corrected chi connectivity index (χ1v) is 13.1. The number of hydrogen-bond donors (Lipinski definition) is 1. The molecule has 0 unspecified atom stereocenters. The van der Waals surface area contributed by atoms with Crippen LogP contribution in [0.3, 0.4) is 0 Å². The Morgan fingerprint density at radius 3 is 2.23 bits per heavy atom. The highest BCUT2D eigenvalue weighted by Gasteiger charge is 2.15. The zero-order valence-corrected chi connectivity index (χ0v) is 21.2. The highest BCUT2D eigenvalue weighted by molar-refractivity contribution is 5.95. The molecule has 0 amide bonds. The minimum atomic E-state index is -0.939. The van der Waals surface area contributed by atoms with Crippen molar-refractivity contribution in [1.29, 1.82) is 0 Å². The van der Waals surface area contributed by atoms with Crippen molar-refractivity contribution in [3.8, 4) is 11.1 Å². The molecule has 2 aromatic carbocycles. The maximum atomic E-state index is 13.2. The minimum absolute atomic E-state index is 0.0367. The summed E-state index contributed by atoms with van der Waals surface area (Å²) in [5, 5.41) is 14.2. The van der Waals surface area contributed by atoms with Crippen LogP contribution in [-0.2, 0) is 19.5 Å². The van der Waals surface area contributed by atoms with Gasteiger partial charge in [-0.2, -0.15) is 5.10 Å². The molecule has 1 aromatic heterocycles. The normalized spacial score (nSPS) is 11.1. The van der Waals surface area contributed by atoms with Crippen LogP contribution in [0, 0.1) is 0 Å². The van der Waals surface area contributed by atoms with Gasteiger partial charge in [0.2, 0.25) is 0 Å². The lowest BCUT2D eigenvalue weighted by Gasteiger charge is -2.09. The Morgan fingerprint density at radius 2 is 1.51 bits per heavy atom. The zero-order valence-electron chi connectivity index (χ0n) is 21.2. The fraction of sp³-hybridized carbons (Fsp3) is 0.483. The Balaban J connectivity index is 1.75. The van der Waals surface area contributed by atoms with Gasteiger partial charge >= 0.3 is 11.7 Å². The van der Waals surface area contributed by atoms with Gasteiger partial charge in [0.25, 0.3) is 0 Å². The number of rotatable bonds is 15. The van der Waals surface area contributed by atoms with Crippen molar-refractivity contribution in [2.75, 3.05) is 0 Å². The second-order valence-electron chi connectivity index (χ2n) is 9.28. The number of carbonyl (C=O) groups is 1. The lowest BCUT2D eigenvalue weighted by atomic mass is 9.99. The molecule has 188 valence electrons. The van der Waals surface area contributed by atoms with Gasteiger partial charge in [-0.05, 0) is 35.6 Å². The molecule has 0 bridgehead atoms. The first-order valence-electron chi connectivity index (χ1n) is 13.1. The van der Waals surface area contributed by atoms with Gasteiger partial charge in [-0.15, -0.1) is 0 Å². The molecule has 1 heterocycles. The second kappa shape index (κ2) is 13.7. The quantitative estimate of drug-likeness (QED) is 0.252. The van der Waals surface area contributed by atoms with Crippen molar-refractivity contribution in [1.82, 2.24) is 14.3 Å². The number of hydrogen-bond acceptors (Lipinski definition) is 3. The van der Waals surface area contributed by atoms with Gasteiger partial charge in [0, 0.05) is 13.0 Å². The first-order chi connectivity index (χ1) is 17.0. The Morgan fingerprint density at radius 1 is 0.857 bits per heavy atom. The smallest absolute Gasteiger partial charge is 0.346 e. The maximum Gasteiger partial charge on any atom is 0.346 e. The number of aromatic nitrogens is 3. The van der Waals surface area contributed by atoms with Crippen LogP contribution in [0.25, 0.3) is 11.1 Å². The van der Waals surface area contributed by atoms with E-state index in [1.807, 2.05) is 41.0 Å². The van der Waals surface area contributed by atoms with E-state index in [4.69, 9.17) is 5.10 Å². The van der Waals surface area contributed by atoms with Crippen molar-refractivity contribution in [2.45, 2.75) is 91.1 Å². The van der Waals surface area contributed by atoms with E-state index < -0.39 is 5.97 Å². The number of nitrogens with zero attached hydrogens (tertiary/aromatic N) is 3. The summed E-state index contributed by atoms with van der Waals surface area (Å²) in [5.74, 6) is -0.0829. The predicted molar refractivity (Wildman–Crippen MR) is 141 cm³/mol. The molecule has 0 spiro atoms. The fourth-order valence-corrected chi connectivity index (χ4v) is 4.44. The summed E-state index contributed by atoms with van der Waals surface area (Å²) in [6.07, 6.45) is 11.2. The summed E-state index contributed by atoms with van der Waals surface area (Å²) < 4.78 is 3.46. The van der Waals surface area contributed by atoms with Crippen LogP contribution in [0.5, 0.6) is 0 Å². The number of carboxylic acid groups (broad SMARTS) is 1. The Bertz CT molecular complexity index is 1130. The summed E-state index contributed by atoms with van der Waals surface area (Å²) in [6, 6.07) is 14.8. The second-order valence-corrected chi connectivity index (χ2v) is 9.28. The molecule has 0 aliphatic rings. The number of unbranched alkanes of at least 4 members (excludes halogenated alkanes) is 7. The first kappa shape index (κ1) is 26.5. The number of benzene rings is 2. The highest BCUT2D eigenvalue weighted by atomic mass is 16.4. The van der Waals surface area contributed by atoms with Crippen molar-refractivity contribution < 1.29 is 9.90 Å². The standard InChI is InChI=1S/C29H39N3O3/c1-3-5-7-8-9-13-21-32-29(35)31(27(30-32)16-10-6-4-2)22-23-17-19-24(20-18-23)25-14-11-12-15-26(25)28(33)34/h11-12,14-15,17-20H,3-10,13,16,21-22H2,1-2H3,(H,33,34). The largest absolute Gasteiger partial charge is 0.478 e. The summed E-state index contributed by atoms with van der Waals surface area (Å²) in [7, 11) is 0. The summed E-state index contributed by atoms with van der Waals surface area (Å²) in [5.41, 5.74) is 2.78. The Kier molecular flexibility index (Phi) is 10.3. The van der Waals surface area contributed by atoms with Crippen molar-refractivity contribution >= 4 is 5.97 Å². The van der Waals surface area contributed by atoms with Crippen molar-refractivity contribution in [3.05, 3.63) is 76.0 Å². The highest BCUT2D eigenvalue weighted by Crippen LogP contribution is 2.24. The number of aromatic carboxylic acids is 1. The maximum absolute atomic E-state index is 13.2.